The number of Topliss-reactive ketones (excluding diaryl/α,β-unsaturated/α-hetero) is 1. The fraction of sp³-hybridized carbons (Fsp3) is 0.720. The minimum absolute atomic E-state index is 0.0669. The van der Waals surface area contributed by atoms with Crippen molar-refractivity contribution in [2.75, 3.05) is 19.6 Å². The van der Waals surface area contributed by atoms with Crippen LogP contribution in [0.4, 0.5) is 4.39 Å². The number of allylic oxidation sites excluding steroid dienone is 4. The summed E-state index contributed by atoms with van der Waals surface area (Å²) in [5, 5.41) is 11.4. The highest BCUT2D eigenvalue weighted by molar-refractivity contribution is 6.29. The maximum Gasteiger partial charge on any atom is 0.333 e. The summed E-state index contributed by atoms with van der Waals surface area (Å²) in [6, 6.07) is 0. The van der Waals surface area contributed by atoms with E-state index in [-0.39, 0.29) is 30.6 Å². The summed E-state index contributed by atoms with van der Waals surface area (Å²) < 4.78 is 28.0. The summed E-state index contributed by atoms with van der Waals surface area (Å²) in [6.45, 7) is 5.07. The number of fused-ring (bicyclic) bond motifs is 5. The topological polar surface area (TPSA) is 89.9 Å². The summed E-state index contributed by atoms with van der Waals surface area (Å²) >= 11 is 6.01. The minimum atomic E-state index is -2.02. The molecule has 4 unspecified atom stereocenters. The number of carbonyl (C=O) groups excluding carboxylic acids is 3. The molecule has 1 N–H and O–H groups in total. The minimum Gasteiger partial charge on any atom is -0.448 e. The summed E-state index contributed by atoms with van der Waals surface area (Å²) in [5.41, 5.74) is -5.03. The van der Waals surface area contributed by atoms with E-state index in [4.69, 9.17) is 21.1 Å². The molecule has 3 fully saturated rings. The van der Waals surface area contributed by atoms with Crippen LogP contribution in [0.5, 0.6) is 0 Å². The van der Waals surface area contributed by atoms with E-state index in [1.54, 1.807) is 13.0 Å². The first-order valence-corrected chi connectivity index (χ1v) is 12.1. The van der Waals surface area contributed by atoms with Gasteiger partial charge in [0.05, 0.1) is 12.0 Å². The van der Waals surface area contributed by atoms with Crippen LogP contribution in [-0.2, 0) is 23.9 Å². The number of ether oxygens (including phenoxy) is 2. The van der Waals surface area contributed by atoms with Crippen LogP contribution >= 0.6 is 11.6 Å². The molecule has 4 rings (SSSR count). The van der Waals surface area contributed by atoms with Crippen molar-refractivity contribution in [1.82, 2.24) is 0 Å². The van der Waals surface area contributed by atoms with Crippen LogP contribution < -0.4 is 0 Å². The fourth-order valence-corrected chi connectivity index (χ4v) is 8.02. The molecule has 0 amide bonds. The molecule has 0 aromatic carbocycles. The summed E-state index contributed by atoms with van der Waals surface area (Å²) in [7, 11) is 1.36. The highest BCUT2D eigenvalue weighted by atomic mass is 35.5. The Kier molecular flexibility index (Phi) is 5.95. The van der Waals surface area contributed by atoms with Crippen molar-refractivity contribution in [2.24, 2.45) is 28.6 Å². The predicted octanol–water partition coefficient (Wildman–Crippen LogP) is 3.34. The zero-order valence-electron chi connectivity index (χ0n) is 19.5. The highest BCUT2D eigenvalue weighted by Crippen LogP contribution is 2.71. The number of esters is 1. The van der Waals surface area contributed by atoms with Crippen LogP contribution in [0.1, 0.15) is 46.5 Å². The second kappa shape index (κ2) is 7.99. The number of hydrogen-bond acceptors (Lipinski definition) is 6. The maximum atomic E-state index is 17.2. The van der Waals surface area contributed by atoms with Crippen molar-refractivity contribution in [3.05, 3.63) is 23.8 Å². The molecule has 8 heteroatoms. The average molecular weight is 483 g/mol. The molecule has 3 saturated carbocycles. The number of alkyl halides is 2. The molecular formula is C25H32ClFO6. The lowest BCUT2D eigenvalue weighted by Gasteiger charge is -2.62. The third-order valence-electron chi connectivity index (χ3n) is 9.25. The maximum absolute atomic E-state index is 17.2. The van der Waals surface area contributed by atoms with E-state index in [9.17, 15) is 19.5 Å². The number of carbonyl (C=O) groups is 3. The molecule has 0 aromatic heterocycles. The van der Waals surface area contributed by atoms with E-state index in [1.807, 2.05) is 13.8 Å². The second-order valence-corrected chi connectivity index (χ2v) is 10.9. The van der Waals surface area contributed by atoms with Gasteiger partial charge in [-0.05, 0) is 50.7 Å². The number of hydrogen-bond donors (Lipinski definition) is 1. The number of methoxy groups -OCH3 is 1. The van der Waals surface area contributed by atoms with E-state index < -0.39 is 51.8 Å². The molecule has 6 nitrogen and oxygen atoms in total. The lowest BCUT2D eigenvalue weighted by atomic mass is 9.44. The monoisotopic (exact) mass is 482 g/mol. The SMILES string of the molecule is COCC(=O)O[C@]1(C(=O)CCl)[C@@H](C)CC2C3CCC4=CC(=O)C=CC4(C)[C@@]3(F)[C@@H](O)CC21C. The van der Waals surface area contributed by atoms with Crippen LogP contribution in [0, 0.1) is 28.6 Å². The average Bonchev–Trinajstić information content (AvgIpc) is 2.97. The van der Waals surface area contributed by atoms with Crippen molar-refractivity contribution < 1.29 is 33.4 Å². The first kappa shape index (κ1) is 24.6. The normalized spacial score (nSPS) is 46.2. The molecule has 33 heavy (non-hydrogen) atoms. The number of aliphatic hydroxyl groups excluding tert-OH is 1. The Morgan fingerprint density at radius 1 is 1.30 bits per heavy atom. The van der Waals surface area contributed by atoms with Gasteiger partial charge in [0, 0.05) is 29.8 Å². The Hall–Kier alpha value is -1.57. The zero-order chi connectivity index (χ0) is 24.4. The van der Waals surface area contributed by atoms with Gasteiger partial charge in [-0.2, -0.15) is 0 Å². The smallest absolute Gasteiger partial charge is 0.333 e. The summed E-state index contributed by atoms with van der Waals surface area (Å²) in [4.78, 5) is 37.9. The molecule has 0 bridgehead atoms. The van der Waals surface area contributed by atoms with Crippen molar-refractivity contribution >= 4 is 29.1 Å². The summed E-state index contributed by atoms with van der Waals surface area (Å²) in [5.74, 6) is -2.98. The van der Waals surface area contributed by atoms with Crippen molar-refractivity contribution in [3.63, 3.8) is 0 Å². The highest BCUT2D eigenvalue weighted by Gasteiger charge is 2.77. The molecule has 4 aliphatic carbocycles. The fourth-order valence-electron chi connectivity index (χ4n) is 7.82. The van der Waals surface area contributed by atoms with Crippen LogP contribution in [0.2, 0.25) is 0 Å². The van der Waals surface area contributed by atoms with Crippen molar-refractivity contribution in [3.8, 4) is 0 Å². The van der Waals surface area contributed by atoms with Gasteiger partial charge < -0.3 is 14.6 Å². The largest absolute Gasteiger partial charge is 0.448 e. The third kappa shape index (κ3) is 3.01. The Balaban J connectivity index is 1.83. The number of halogens is 2. The molecule has 0 aliphatic heterocycles. The summed E-state index contributed by atoms with van der Waals surface area (Å²) in [6.07, 6.45) is 4.38. The molecular weight excluding hydrogens is 451 g/mol. The number of aliphatic hydroxyl groups is 1. The van der Waals surface area contributed by atoms with Gasteiger partial charge in [-0.1, -0.05) is 25.5 Å². The Labute approximate surface area is 198 Å². The van der Waals surface area contributed by atoms with Gasteiger partial charge in [-0.25, -0.2) is 9.18 Å². The van der Waals surface area contributed by atoms with Crippen LogP contribution in [0.25, 0.3) is 0 Å². The molecule has 0 aromatic rings. The van der Waals surface area contributed by atoms with E-state index in [0.717, 1.165) is 0 Å². The van der Waals surface area contributed by atoms with Crippen molar-refractivity contribution in [1.29, 1.82) is 0 Å². The molecule has 4 aliphatic rings. The Morgan fingerprint density at radius 3 is 2.64 bits per heavy atom. The van der Waals surface area contributed by atoms with Gasteiger partial charge in [-0.15, -0.1) is 11.6 Å². The second-order valence-electron chi connectivity index (χ2n) is 10.6. The first-order chi connectivity index (χ1) is 15.4. The van der Waals surface area contributed by atoms with E-state index in [0.29, 0.717) is 24.8 Å². The van der Waals surface area contributed by atoms with Crippen LogP contribution in [-0.4, -0.2) is 59.6 Å². The van der Waals surface area contributed by atoms with Crippen molar-refractivity contribution in [2.45, 2.75) is 63.8 Å². The van der Waals surface area contributed by atoms with E-state index in [1.165, 1.54) is 19.3 Å². The molecule has 0 heterocycles. The predicted molar refractivity (Wildman–Crippen MR) is 119 cm³/mol. The standard InChI is InChI=1S/C25H32ClFO6/c1-14-9-18-17-6-5-15-10-16(28)7-8-22(15,2)24(17,27)19(29)11-23(18,3)25(14,20(30)12-26)33-21(31)13-32-4/h7-8,10,14,17-19,29H,5-6,9,11-13H2,1-4H3/t14-,17?,18?,19-,22?,23?,24-,25-/m0/s1. The van der Waals surface area contributed by atoms with Gasteiger partial charge in [0.2, 0.25) is 0 Å². The van der Waals surface area contributed by atoms with Crippen LogP contribution in [0.15, 0.2) is 23.8 Å². The number of ketones is 2. The van der Waals surface area contributed by atoms with E-state index in [2.05, 4.69) is 0 Å². The molecule has 8 atom stereocenters. The third-order valence-corrected chi connectivity index (χ3v) is 9.50. The van der Waals surface area contributed by atoms with Gasteiger partial charge in [0.1, 0.15) is 6.61 Å². The van der Waals surface area contributed by atoms with Crippen LogP contribution in [0.3, 0.4) is 0 Å². The Bertz CT molecular complexity index is 947. The zero-order valence-corrected chi connectivity index (χ0v) is 20.3. The van der Waals surface area contributed by atoms with E-state index >= 15 is 4.39 Å². The van der Waals surface area contributed by atoms with Gasteiger partial charge in [0.25, 0.3) is 0 Å². The molecule has 0 radical (unpaired) electrons. The van der Waals surface area contributed by atoms with Gasteiger partial charge >= 0.3 is 5.97 Å². The Morgan fingerprint density at radius 2 is 2.00 bits per heavy atom. The van der Waals surface area contributed by atoms with Gasteiger partial charge in [-0.3, -0.25) is 9.59 Å². The first-order valence-electron chi connectivity index (χ1n) is 11.5. The number of rotatable bonds is 5. The molecule has 0 spiro atoms. The molecule has 0 saturated heterocycles. The lowest BCUT2D eigenvalue weighted by molar-refractivity contribution is -0.228. The molecule has 182 valence electrons. The quantitative estimate of drug-likeness (QED) is 0.477. The van der Waals surface area contributed by atoms with Gasteiger partial charge in [0.15, 0.2) is 22.8 Å². The lowest BCUT2D eigenvalue weighted by Crippen LogP contribution is -2.70.